The number of benzene rings is 2. The minimum Gasteiger partial charge on any atom is -0.464 e. The first kappa shape index (κ1) is 19.0. The molecule has 0 saturated heterocycles. The monoisotopic (exact) mass is 361 g/mol. The zero-order valence-electron chi connectivity index (χ0n) is 16.5. The van der Waals surface area contributed by atoms with Crippen molar-refractivity contribution in [3.8, 4) is 0 Å². The van der Waals surface area contributed by atoms with E-state index in [4.69, 9.17) is 4.42 Å². The molecule has 0 bridgehead atoms. The Morgan fingerprint density at radius 3 is 2.11 bits per heavy atom. The molecule has 0 unspecified atom stereocenters. The van der Waals surface area contributed by atoms with Gasteiger partial charge in [-0.3, -0.25) is 4.79 Å². The maximum Gasteiger partial charge on any atom is 0.254 e. The van der Waals surface area contributed by atoms with Gasteiger partial charge in [0.1, 0.15) is 11.5 Å². The van der Waals surface area contributed by atoms with Crippen LogP contribution in [0.2, 0.25) is 0 Å². The fraction of sp³-hybridized carbons (Fsp3) is 0.292. The van der Waals surface area contributed by atoms with Crippen molar-refractivity contribution in [1.82, 2.24) is 4.90 Å². The summed E-state index contributed by atoms with van der Waals surface area (Å²) >= 11 is 0. The summed E-state index contributed by atoms with van der Waals surface area (Å²) in [6.07, 6.45) is 0. The molecule has 0 N–H and O–H groups in total. The van der Waals surface area contributed by atoms with E-state index in [0.717, 1.165) is 17.1 Å². The van der Waals surface area contributed by atoms with E-state index in [1.165, 1.54) is 5.56 Å². The first-order chi connectivity index (χ1) is 12.8. The van der Waals surface area contributed by atoms with Crippen molar-refractivity contribution < 1.29 is 9.21 Å². The summed E-state index contributed by atoms with van der Waals surface area (Å²) in [6, 6.07) is 21.9. The Kier molecular flexibility index (Phi) is 5.50. The molecular formula is C24H27NO2. The Hall–Kier alpha value is -2.81. The standard InChI is InChI=1S/C24H27NO2/c1-18-10-15-22(27-18)17-25(16-19-8-6-5-7-9-19)23(26)20-11-13-21(14-12-20)24(2,3)4/h5-15H,16-17H2,1-4H3. The van der Waals surface area contributed by atoms with Crippen LogP contribution in [0.4, 0.5) is 0 Å². The number of carbonyl (C=O) groups excluding carboxylic acids is 1. The van der Waals surface area contributed by atoms with Crippen molar-refractivity contribution in [2.24, 2.45) is 0 Å². The van der Waals surface area contributed by atoms with Crippen molar-refractivity contribution in [3.63, 3.8) is 0 Å². The van der Waals surface area contributed by atoms with Crippen LogP contribution in [0.15, 0.2) is 71.1 Å². The van der Waals surface area contributed by atoms with Gasteiger partial charge in [0, 0.05) is 12.1 Å². The van der Waals surface area contributed by atoms with E-state index < -0.39 is 0 Å². The molecule has 0 spiro atoms. The van der Waals surface area contributed by atoms with Gasteiger partial charge in [-0.15, -0.1) is 0 Å². The highest BCUT2D eigenvalue weighted by Crippen LogP contribution is 2.23. The molecule has 1 amide bonds. The van der Waals surface area contributed by atoms with Gasteiger partial charge in [0.25, 0.3) is 5.91 Å². The van der Waals surface area contributed by atoms with Crippen molar-refractivity contribution in [3.05, 3.63) is 94.9 Å². The molecule has 0 aliphatic rings. The lowest BCUT2D eigenvalue weighted by Crippen LogP contribution is -2.30. The Bertz CT molecular complexity index is 886. The normalized spacial score (nSPS) is 11.4. The Morgan fingerprint density at radius 2 is 1.56 bits per heavy atom. The maximum absolute atomic E-state index is 13.2. The number of nitrogens with zero attached hydrogens (tertiary/aromatic N) is 1. The van der Waals surface area contributed by atoms with Crippen LogP contribution in [0.1, 0.15) is 53.8 Å². The average Bonchev–Trinajstić information content (AvgIpc) is 3.06. The van der Waals surface area contributed by atoms with Crippen LogP contribution in [-0.2, 0) is 18.5 Å². The molecule has 0 saturated carbocycles. The number of hydrogen-bond acceptors (Lipinski definition) is 2. The second-order valence-electron chi connectivity index (χ2n) is 7.99. The Morgan fingerprint density at radius 1 is 0.889 bits per heavy atom. The van der Waals surface area contributed by atoms with Crippen molar-refractivity contribution in [2.45, 2.75) is 46.2 Å². The molecule has 0 fully saturated rings. The third-order valence-corrected chi connectivity index (χ3v) is 4.64. The second kappa shape index (κ2) is 7.83. The molecule has 2 aromatic carbocycles. The van der Waals surface area contributed by atoms with Gasteiger partial charge < -0.3 is 9.32 Å². The zero-order valence-corrected chi connectivity index (χ0v) is 16.5. The van der Waals surface area contributed by atoms with Crippen LogP contribution in [0.3, 0.4) is 0 Å². The molecular weight excluding hydrogens is 334 g/mol. The highest BCUT2D eigenvalue weighted by Gasteiger charge is 2.20. The lowest BCUT2D eigenvalue weighted by molar-refractivity contribution is 0.0717. The number of furan rings is 1. The molecule has 3 nitrogen and oxygen atoms in total. The van der Waals surface area contributed by atoms with E-state index in [9.17, 15) is 4.79 Å². The number of hydrogen-bond donors (Lipinski definition) is 0. The maximum atomic E-state index is 13.2. The van der Waals surface area contributed by atoms with Gasteiger partial charge in [0.05, 0.1) is 6.54 Å². The van der Waals surface area contributed by atoms with E-state index in [-0.39, 0.29) is 11.3 Å². The molecule has 1 aromatic heterocycles. The Labute approximate surface area is 161 Å². The molecule has 3 aromatic rings. The number of carbonyl (C=O) groups is 1. The average molecular weight is 361 g/mol. The van der Waals surface area contributed by atoms with Crippen LogP contribution in [0.5, 0.6) is 0 Å². The molecule has 27 heavy (non-hydrogen) atoms. The summed E-state index contributed by atoms with van der Waals surface area (Å²) in [6.45, 7) is 9.42. The molecule has 3 heteroatoms. The van der Waals surface area contributed by atoms with Crippen LogP contribution in [-0.4, -0.2) is 10.8 Å². The number of rotatable bonds is 5. The van der Waals surface area contributed by atoms with Crippen molar-refractivity contribution >= 4 is 5.91 Å². The van der Waals surface area contributed by atoms with Gasteiger partial charge >= 0.3 is 0 Å². The molecule has 0 aliphatic carbocycles. The fourth-order valence-corrected chi connectivity index (χ4v) is 3.06. The van der Waals surface area contributed by atoms with Crippen LogP contribution >= 0.6 is 0 Å². The van der Waals surface area contributed by atoms with Gasteiger partial charge in [-0.05, 0) is 47.7 Å². The van der Waals surface area contributed by atoms with Crippen molar-refractivity contribution in [2.75, 3.05) is 0 Å². The molecule has 1 heterocycles. The third kappa shape index (κ3) is 4.88. The fourth-order valence-electron chi connectivity index (χ4n) is 3.06. The molecule has 0 radical (unpaired) electrons. The minimum atomic E-state index is 0.00775. The van der Waals surface area contributed by atoms with Gasteiger partial charge in [0.2, 0.25) is 0 Å². The minimum absolute atomic E-state index is 0.00775. The summed E-state index contributed by atoms with van der Waals surface area (Å²) in [5, 5.41) is 0. The summed E-state index contributed by atoms with van der Waals surface area (Å²) in [4.78, 5) is 15.0. The third-order valence-electron chi connectivity index (χ3n) is 4.64. The molecule has 0 atom stereocenters. The van der Waals surface area contributed by atoms with Crippen LogP contribution < -0.4 is 0 Å². The second-order valence-corrected chi connectivity index (χ2v) is 7.99. The van der Waals surface area contributed by atoms with Gasteiger partial charge in [0.15, 0.2) is 0 Å². The highest BCUT2D eigenvalue weighted by molar-refractivity contribution is 5.94. The first-order valence-electron chi connectivity index (χ1n) is 9.32. The first-order valence-corrected chi connectivity index (χ1v) is 9.32. The largest absolute Gasteiger partial charge is 0.464 e. The highest BCUT2D eigenvalue weighted by atomic mass is 16.3. The molecule has 0 aliphatic heterocycles. The van der Waals surface area contributed by atoms with E-state index in [1.54, 1.807) is 0 Å². The summed E-state index contributed by atoms with van der Waals surface area (Å²) in [5.74, 6) is 1.66. The lowest BCUT2D eigenvalue weighted by atomic mass is 9.86. The van der Waals surface area contributed by atoms with E-state index in [1.807, 2.05) is 78.6 Å². The van der Waals surface area contributed by atoms with Gasteiger partial charge in [-0.25, -0.2) is 0 Å². The lowest BCUT2D eigenvalue weighted by Gasteiger charge is -2.23. The Balaban J connectivity index is 1.85. The quantitative estimate of drug-likeness (QED) is 0.581. The van der Waals surface area contributed by atoms with E-state index in [2.05, 4.69) is 20.8 Å². The molecule has 140 valence electrons. The van der Waals surface area contributed by atoms with Crippen LogP contribution in [0.25, 0.3) is 0 Å². The summed E-state index contributed by atoms with van der Waals surface area (Å²) in [5.41, 5.74) is 3.08. The van der Waals surface area contributed by atoms with Gasteiger partial charge in [-0.2, -0.15) is 0 Å². The van der Waals surface area contributed by atoms with E-state index in [0.29, 0.717) is 18.7 Å². The SMILES string of the molecule is Cc1ccc(CN(Cc2ccccc2)C(=O)c2ccc(C(C)(C)C)cc2)o1. The molecule has 3 rings (SSSR count). The zero-order chi connectivity index (χ0) is 19.4. The summed E-state index contributed by atoms with van der Waals surface area (Å²) in [7, 11) is 0. The van der Waals surface area contributed by atoms with Crippen LogP contribution in [0, 0.1) is 6.92 Å². The number of amides is 1. The van der Waals surface area contributed by atoms with Crippen molar-refractivity contribution in [1.29, 1.82) is 0 Å². The predicted octanol–water partition coefficient (Wildman–Crippen LogP) is 5.73. The summed E-state index contributed by atoms with van der Waals surface area (Å²) < 4.78 is 5.71. The topological polar surface area (TPSA) is 33.5 Å². The van der Waals surface area contributed by atoms with Gasteiger partial charge in [-0.1, -0.05) is 63.2 Å². The smallest absolute Gasteiger partial charge is 0.254 e. The van der Waals surface area contributed by atoms with E-state index >= 15 is 0 Å². The predicted molar refractivity (Wildman–Crippen MR) is 109 cm³/mol. The number of aryl methyl sites for hydroxylation is 1.